The zero-order chi connectivity index (χ0) is 9.14. The summed E-state index contributed by atoms with van der Waals surface area (Å²) in [6, 6.07) is -0.251. The van der Waals surface area contributed by atoms with Crippen LogP contribution in [0.1, 0.15) is 17.3 Å². The van der Waals surface area contributed by atoms with Crippen molar-refractivity contribution in [3.8, 4) is 12.3 Å². The first-order valence-corrected chi connectivity index (χ1v) is 3.61. The van der Waals surface area contributed by atoms with E-state index in [2.05, 4.69) is 16.4 Å². The van der Waals surface area contributed by atoms with Crippen LogP contribution < -0.4 is 11.3 Å². The van der Waals surface area contributed by atoms with E-state index in [0.29, 0.717) is 0 Å². The van der Waals surface area contributed by atoms with Gasteiger partial charge < -0.3 is 0 Å². The second-order valence-electron chi connectivity index (χ2n) is 2.58. The Morgan fingerprint density at radius 1 is 1.83 bits per heavy atom. The fourth-order valence-corrected chi connectivity index (χ4v) is 1.03. The number of rotatable bonds is 2. The number of nitrogens with one attached hydrogen (secondary N) is 1. The minimum absolute atomic E-state index is 0.251. The van der Waals surface area contributed by atoms with Crippen molar-refractivity contribution in [2.45, 2.75) is 13.0 Å². The molecule has 0 aliphatic heterocycles. The fraction of sp³-hybridized carbons (Fsp3) is 0.375. The van der Waals surface area contributed by atoms with Crippen molar-refractivity contribution in [1.29, 1.82) is 0 Å². The van der Waals surface area contributed by atoms with Crippen LogP contribution in [-0.2, 0) is 7.05 Å². The van der Waals surface area contributed by atoms with Crippen molar-refractivity contribution in [3.05, 3.63) is 17.5 Å². The average Bonchev–Trinajstić information content (AvgIpc) is 2.38. The monoisotopic (exact) mass is 164 g/mol. The van der Waals surface area contributed by atoms with E-state index in [9.17, 15) is 0 Å². The van der Waals surface area contributed by atoms with E-state index in [4.69, 9.17) is 12.3 Å². The molecule has 0 aliphatic carbocycles. The largest absolute Gasteiger partial charge is 0.273 e. The highest BCUT2D eigenvalue weighted by molar-refractivity contribution is 5.26. The van der Waals surface area contributed by atoms with Gasteiger partial charge in [0.25, 0.3) is 0 Å². The molecule has 3 N–H and O–H groups in total. The van der Waals surface area contributed by atoms with E-state index in [1.165, 1.54) is 0 Å². The molecule has 1 heterocycles. The third-order valence-electron chi connectivity index (χ3n) is 1.92. The summed E-state index contributed by atoms with van der Waals surface area (Å²) in [7, 11) is 1.86. The summed E-state index contributed by atoms with van der Waals surface area (Å²) in [5.41, 5.74) is 4.50. The highest BCUT2D eigenvalue weighted by Gasteiger charge is 2.11. The minimum atomic E-state index is -0.251. The minimum Gasteiger partial charge on any atom is -0.273 e. The van der Waals surface area contributed by atoms with E-state index in [1.807, 2.05) is 14.0 Å². The number of nitrogens with zero attached hydrogens (tertiary/aromatic N) is 2. The van der Waals surface area contributed by atoms with Crippen molar-refractivity contribution in [1.82, 2.24) is 15.2 Å². The van der Waals surface area contributed by atoms with Gasteiger partial charge in [-0.2, -0.15) is 5.10 Å². The zero-order valence-corrected chi connectivity index (χ0v) is 7.20. The molecule has 0 amide bonds. The Kier molecular flexibility index (Phi) is 2.48. The number of nitrogens with two attached hydrogens (primary N) is 1. The van der Waals surface area contributed by atoms with Crippen molar-refractivity contribution >= 4 is 0 Å². The number of hydrogen-bond acceptors (Lipinski definition) is 3. The van der Waals surface area contributed by atoms with Gasteiger partial charge in [0.15, 0.2) is 0 Å². The quantitative estimate of drug-likeness (QED) is 0.363. The van der Waals surface area contributed by atoms with Gasteiger partial charge in [0.1, 0.15) is 6.04 Å². The molecule has 1 atom stereocenters. The average molecular weight is 164 g/mol. The van der Waals surface area contributed by atoms with Crippen LogP contribution in [0, 0.1) is 19.3 Å². The molecule has 64 valence electrons. The number of terminal acetylenes is 1. The Morgan fingerprint density at radius 3 is 2.83 bits per heavy atom. The van der Waals surface area contributed by atoms with Crippen molar-refractivity contribution in [2.24, 2.45) is 12.9 Å². The predicted octanol–water partition coefficient (Wildman–Crippen LogP) is -0.134. The maximum Gasteiger partial charge on any atom is 0.110 e. The lowest BCUT2D eigenvalue weighted by Gasteiger charge is -2.07. The van der Waals surface area contributed by atoms with Gasteiger partial charge in [-0.1, -0.05) is 5.92 Å². The van der Waals surface area contributed by atoms with Crippen LogP contribution in [0.25, 0.3) is 0 Å². The van der Waals surface area contributed by atoms with Gasteiger partial charge in [0.05, 0.1) is 6.20 Å². The maximum atomic E-state index is 5.26. The Bertz CT molecular complexity index is 307. The molecule has 0 bridgehead atoms. The Morgan fingerprint density at radius 2 is 2.50 bits per heavy atom. The standard InChI is InChI=1S/C8H12N4/c1-4-8(11-9)7-5-10-12(3)6(7)2/h1,5,8,11H,9H2,2-3H3. The highest BCUT2D eigenvalue weighted by atomic mass is 15.3. The van der Waals surface area contributed by atoms with Gasteiger partial charge in [-0.3, -0.25) is 10.5 Å². The topological polar surface area (TPSA) is 55.9 Å². The molecular formula is C8H12N4. The third-order valence-corrected chi connectivity index (χ3v) is 1.92. The van der Waals surface area contributed by atoms with E-state index >= 15 is 0 Å². The van der Waals surface area contributed by atoms with Gasteiger partial charge in [-0.15, -0.1) is 6.42 Å². The van der Waals surface area contributed by atoms with Crippen molar-refractivity contribution < 1.29 is 0 Å². The van der Waals surface area contributed by atoms with Crippen molar-refractivity contribution in [3.63, 3.8) is 0 Å². The van der Waals surface area contributed by atoms with Crippen LogP contribution in [0.4, 0.5) is 0 Å². The Hall–Kier alpha value is -1.31. The first-order valence-electron chi connectivity index (χ1n) is 3.61. The second kappa shape index (κ2) is 3.39. The van der Waals surface area contributed by atoms with Crippen LogP contribution in [0.2, 0.25) is 0 Å². The number of aromatic nitrogens is 2. The van der Waals surface area contributed by atoms with E-state index in [0.717, 1.165) is 11.3 Å². The highest BCUT2D eigenvalue weighted by Crippen LogP contribution is 2.14. The molecule has 0 spiro atoms. The molecule has 1 rings (SSSR count). The van der Waals surface area contributed by atoms with Crippen LogP contribution in [0.15, 0.2) is 6.20 Å². The number of hydrogen-bond donors (Lipinski definition) is 2. The molecule has 12 heavy (non-hydrogen) atoms. The molecule has 4 heteroatoms. The second-order valence-corrected chi connectivity index (χ2v) is 2.58. The zero-order valence-electron chi connectivity index (χ0n) is 7.20. The van der Waals surface area contributed by atoms with Crippen LogP contribution >= 0.6 is 0 Å². The molecule has 0 aliphatic rings. The molecule has 0 saturated heterocycles. The summed E-state index contributed by atoms with van der Waals surface area (Å²) in [5, 5.41) is 4.06. The van der Waals surface area contributed by atoms with Crippen LogP contribution in [0.3, 0.4) is 0 Å². The molecule has 0 radical (unpaired) electrons. The molecule has 1 unspecified atom stereocenters. The molecule has 4 nitrogen and oxygen atoms in total. The molecule has 0 fully saturated rings. The van der Waals surface area contributed by atoms with Gasteiger partial charge in [-0.25, -0.2) is 5.43 Å². The van der Waals surface area contributed by atoms with E-state index in [-0.39, 0.29) is 6.04 Å². The summed E-state index contributed by atoms with van der Waals surface area (Å²) in [5.74, 6) is 7.80. The van der Waals surface area contributed by atoms with Crippen molar-refractivity contribution in [2.75, 3.05) is 0 Å². The lowest BCUT2D eigenvalue weighted by Crippen LogP contribution is -2.27. The Labute approximate surface area is 71.7 Å². The van der Waals surface area contributed by atoms with Gasteiger partial charge in [0.2, 0.25) is 0 Å². The van der Waals surface area contributed by atoms with Crippen LogP contribution in [-0.4, -0.2) is 9.78 Å². The fourth-order valence-electron chi connectivity index (χ4n) is 1.03. The third kappa shape index (κ3) is 1.33. The SMILES string of the molecule is C#CC(NN)c1cnn(C)c1C. The summed E-state index contributed by atoms with van der Waals surface area (Å²) in [6.45, 7) is 1.95. The van der Waals surface area contributed by atoms with Gasteiger partial charge in [-0.05, 0) is 6.92 Å². The molecule has 1 aromatic heterocycles. The normalized spacial score (nSPS) is 12.5. The van der Waals surface area contributed by atoms with Gasteiger partial charge in [0, 0.05) is 18.3 Å². The smallest absolute Gasteiger partial charge is 0.110 e. The first kappa shape index (κ1) is 8.78. The molecule has 0 saturated carbocycles. The molecule has 0 aromatic carbocycles. The summed E-state index contributed by atoms with van der Waals surface area (Å²) in [6.07, 6.45) is 6.99. The molecule has 1 aromatic rings. The summed E-state index contributed by atoms with van der Waals surface area (Å²) < 4.78 is 1.76. The summed E-state index contributed by atoms with van der Waals surface area (Å²) in [4.78, 5) is 0. The summed E-state index contributed by atoms with van der Waals surface area (Å²) >= 11 is 0. The Balaban J connectivity index is 3.03. The lowest BCUT2D eigenvalue weighted by molar-refractivity contribution is 0.665. The maximum absolute atomic E-state index is 5.26. The number of hydrazine groups is 1. The van der Waals surface area contributed by atoms with Gasteiger partial charge >= 0.3 is 0 Å². The first-order chi connectivity index (χ1) is 5.70. The predicted molar refractivity (Wildman–Crippen MR) is 46.8 cm³/mol. The lowest BCUT2D eigenvalue weighted by atomic mass is 10.1. The molecular weight excluding hydrogens is 152 g/mol. The number of aryl methyl sites for hydroxylation is 1. The van der Waals surface area contributed by atoms with E-state index < -0.39 is 0 Å². The van der Waals surface area contributed by atoms with Crippen LogP contribution in [0.5, 0.6) is 0 Å². The van der Waals surface area contributed by atoms with E-state index in [1.54, 1.807) is 10.9 Å².